The van der Waals surface area contributed by atoms with Gasteiger partial charge in [0.1, 0.15) is 0 Å². The molecule has 0 aromatic heterocycles. The summed E-state index contributed by atoms with van der Waals surface area (Å²) in [5, 5.41) is 9.73. The Morgan fingerprint density at radius 2 is 0.720 bits per heavy atom. The van der Waals surface area contributed by atoms with E-state index in [1.165, 1.54) is 114 Å². The minimum absolute atomic E-state index is 0.345. The Bertz CT molecular complexity index is 269. The van der Waals surface area contributed by atoms with Crippen molar-refractivity contribution in [2.75, 3.05) is 5.33 Å². The second-order valence-electron chi connectivity index (χ2n) is 7.55. The lowest BCUT2D eigenvalue weighted by Gasteiger charge is -2.04. The minimum Gasteiger partial charge on any atom is -0.481 e. The number of hydrogen-bond acceptors (Lipinski definition) is 1. The Labute approximate surface area is 165 Å². The summed E-state index contributed by atoms with van der Waals surface area (Å²) in [6.07, 6.45) is 26.0. The van der Waals surface area contributed by atoms with Crippen LogP contribution in [0.1, 0.15) is 128 Å². The summed E-state index contributed by atoms with van der Waals surface area (Å²) in [5.74, 6) is -0.652. The van der Waals surface area contributed by atoms with E-state index in [2.05, 4.69) is 15.9 Å². The van der Waals surface area contributed by atoms with Gasteiger partial charge in [0.15, 0.2) is 0 Å². The van der Waals surface area contributed by atoms with E-state index in [4.69, 9.17) is 5.11 Å². The summed E-state index contributed by atoms with van der Waals surface area (Å²) < 4.78 is 0. The van der Waals surface area contributed by atoms with Crippen molar-refractivity contribution in [2.24, 2.45) is 0 Å². The maximum atomic E-state index is 10.4. The topological polar surface area (TPSA) is 37.3 Å². The van der Waals surface area contributed by atoms with Crippen molar-refractivity contribution in [3.8, 4) is 0 Å². The zero-order valence-corrected chi connectivity index (χ0v) is 18.2. The number of carboxylic acids is 1. The predicted molar refractivity (Wildman–Crippen MR) is 114 cm³/mol. The van der Waals surface area contributed by atoms with Crippen LogP contribution in [0.5, 0.6) is 0 Å². The molecule has 0 aliphatic carbocycles. The third-order valence-corrected chi connectivity index (χ3v) is 5.59. The predicted octanol–water partition coefficient (Wildman–Crippen LogP) is 8.27. The van der Waals surface area contributed by atoms with Crippen LogP contribution >= 0.6 is 15.9 Å². The minimum atomic E-state index is -0.652. The fraction of sp³-hybridized carbons (Fsp3) is 0.955. The molecular weight excluding hydrogens is 376 g/mol. The molecular formula is C22H43BrO2. The maximum absolute atomic E-state index is 10.4. The largest absolute Gasteiger partial charge is 0.481 e. The molecule has 0 radical (unpaired) electrons. The number of carbonyl (C=O) groups is 1. The summed E-state index contributed by atoms with van der Waals surface area (Å²) in [6.45, 7) is 0. The van der Waals surface area contributed by atoms with E-state index in [0.29, 0.717) is 6.42 Å². The standard InChI is InChI=1S/C22H43BrO2/c23-21-19-17-15-13-11-9-7-5-3-1-2-4-6-8-10-12-14-16-18-20-22(24)25/h1-21H2,(H,24,25). The molecule has 1 N–H and O–H groups in total. The number of carboxylic acid groups (broad SMARTS) is 1. The molecule has 0 aromatic carbocycles. The van der Waals surface area contributed by atoms with Gasteiger partial charge in [0.25, 0.3) is 0 Å². The van der Waals surface area contributed by atoms with Crippen LogP contribution < -0.4 is 0 Å². The van der Waals surface area contributed by atoms with Crippen molar-refractivity contribution in [2.45, 2.75) is 128 Å². The molecule has 0 spiro atoms. The van der Waals surface area contributed by atoms with Crippen molar-refractivity contribution in [3.63, 3.8) is 0 Å². The third kappa shape index (κ3) is 24.0. The summed E-state index contributed by atoms with van der Waals surface area (Å²) in [7, 11) is 0. The molecule has 0 aliphatic heterocycles. The Balaban J connectivity index is 2.97. The molecule has 150 valence electrons. The summed E-state index contributed by atoms with van der Waals surface area (Å²) in [6, 6.07) is 0. The van der Waals surface area contributed by atoms with Crippen LogP contribution in [-0.4, -0.2) is 16.4 Å². The molecule has 0 fully saturated rings. The summed E-state index contributed by atoms with van der Waals surface area (Å²) >= 11 is 3.49. The van der Waals surface area contributed by atoms with Gasteiger partial charge in [-0.25, -0.2) is 0 Å². The fourth-order valence-electron chi connectivity index (χ4n) is 3.38. The molecule has 0 heterocycles. The van der Waals surface area contributed by atoms with E-state index in [0.717, 1.165) is 12.8 Å². The van der Waals surface area contributed by atoms with Crippen LogP contribution in [0.25, 0.3) is 0 Å². The average molecular weight is 419 g/mol. The van der Waals surface area contributed by atoms with Crippen LogP contribution in [-0.2, 0) is 4.79 Å². The van der Waals surface area contributed by atoms with E-state index < -0.39 is 5.97 Å². The summed E-state index contributed by atoms with van der Waals surface area (Å²) in [4.78, 5) is 10.4. The van der Waals surface area contributed by atoms with Crippen molar-refractivity contribution in [3.05, 3.63) is 0 Å². The first-order valence-corrected chi connectivity index (χ1v) is 12.2. The fourth-order valence-corrected chi connectivity index (χ4v) is 3.77. The monoisotopic (exact) mass is 418 g/mol. The Hall–Kier alpha value is -0.0500. The van der Waals surface area contributed by atoms with Gasteiger partial charge in [0, 0.05) is 11.8 Å². The highest BCUT2D eigenvalue weighted by Gasteiger charge is 1.97. The number of alkyl halides is 1. The summed E-state index contributed by atoms with van der Waals surface area (Å²) in [5.41, 5.74) is 0. The second-order valence-corrected chi connectivity index (χ2v) is 8.34. The van der Waals surface area contributed by atoms with E-state index in [9.17, 15) is 4.79 Å². The number of unbranched alkanes of at least 4 members (excludes halogenated alkanes) is 18. The lowest BCUT2D eigenvalue weighted by Crippen LogP contribution is -1.93. The van der Waals surface area contributed by atoms with E-state index in [1.807, 2.05) is 0 Å². The van der Waals surface area contributed by atoms with E-state index in [-0.39, 0.29) is 0 Å². The van der Waals surface area contributed by atoms with Gasteiger partial charge in [-0.3, -0.25) is 4.79 Å². The molecule has 3 heteroatoms. The molecule has 0 saturated heterocycles. The van der Waals surface area contributed by atoms with Crippen molar-refractivity contribution >= 4 is 21.9 Å². The van der Waals surface area contributed by atoms with Crippen molar-refractivity contribution < 1.29 is 9.90 Å². The Morgan fingerprint density at radius 3 is 0.960 bits per heavy atom. The average Bonchev–Trinajstić information content (AvgIpc) is 2.60. The Morgan fingerprint density at radius 1 is 0.480 bits per heavy atom. The van der Waals surface area contributed by atoms with Crippen LogP contribution in [0.4, 0.5) is 0 Å². The molecule has 0 atom stereocenters. The molecule has 0 aliphatic rings. The lowest BCUT2D eigenvalue weighted by molar-refractivity contribution is -0.137. The zero-order valence-electron chi connectivity index (χ0n) is 16.6. The third-order valence-electron chi connectivity index (χ3n) is 5.02. The SMILES string of the molecule is O=C(O)CCCCCCCCCCCCCCCCCCCCCBr. The highest BCUT2D eigenvalue weighted by molar-refractivity contribution is 9.09. The van der Waals surface area contributed by atoms with E-state index >= 15 is 0 Å². The quantitative estimate of drug-likeness (QED) is 0.150. The van der Waals surface area contributed by atoms with Crippen LogP contribution in [0.3, 0.4) is 0 Å². The van der Waals surface area contributed by atoms with Gasteiger partial charge in [-0.15, -0.1) is 0 Å². The first kappa shape index (κ1) is 24.9. The van der Waals surface area contributed by atoms with Gasteiger partial charge in [-0.1, -0.05) is 125 Å². The highest BCUT2D eigenvalue weighted by Crippen LogP contribution is 2.14. The molecule has 0 unspecified atom stereocenters. The number of aliphatic carboxylic acids is 1. The lowest BCUT2D eigenvalue weighted by atomic mass is 10.0. The van der Waals surface area contributed by atoms with Gasteiger partial charge in [-0.2, -0.15) is 0 Å². The molecule has 0 amide bonds. The van der Waals surface area contributed by atoms with E-state index in [1.54, 1.807) is 0 Å². The van der Waals surface area contributed by atoms with Gasteiger partial charge >= 0.3 is 5.97 Å². The first-order valence-electron chi connectivity index (χ1n) is 11.0. The van der Waals surface area contributed by atoms with Gasteiger partial charge in [0.2, 0.25) is 0 Å². The Kier molecular flexibility index (Phi) is 21.9. The first-order chi connectivity index (χ1) is 12.3. The number of rotatable bonds is 21. The number of hydrogen-bond donors (Lipinski definition) is 1. The zero-order chi connectivity index (χ0) is 18.4. The molecule has 0 aromatic rings. The van der Waals surface area contributed by atoms with Crippen molar-refractivity contribution in [1.29, 1.82) is 0 Å². The maximum Gasteiger partial charge on any atom is 0.303 e. The van der Waals surface area contributed by atoms with Gasteiger partial charge in [-0.05, 0) is 12.8 Å². The van der Waals surface area contributed by atoms with Crippen LogP contribution in [0.2, 0.25) is 0 Å². The van der Waals surface area contributed by atoms with Crippen molar-refractivity contribution in [1.82, 2.24) is 0 Å². The molecule has 0 rings (SSSR count). The second kappa shape index (κ2) is 22.0. The number of halogens is 1. The molecule has 0 saturated carbocycles. The highest BCUT2D eigenvalue weighted by atomic mass is 79.9. The van der Waals surface area contributed by atoms with Gasteiger partial charge in [0.05, 0.1) is 0 Å². The molecule has 25 heavy (non-hydrogen) atoms. The molecule has 0 bridgehead atoms. The normalized spacial score (nSPS) is 11.1. The van der Waals surface area contributed by atoms with Gasteiger partial charge < -0.3 is 5.11 Å². The van der Waals surface area contributed by atoms with Crippen LogP contribution in [0.15, 0.2) is 0 Å². The van der Waals surface area contributed by atoms with Crippen LogP contribution in [0, 0.1) is 0 Å². The smallest absolute Gasteiger partial charge is 0.303 e. The molecule has 2 nitrogen and oxygen atoms in total.